The molecule has 0 spiro atoms. The van der Waals surface area contributed by atoms with Gasteiger partial charge in [-0.3, -0.25) is 10.1 Å². The Bertz CT molecular complexity index is 743. The molecule has 1 saturated carbocycles. The summed E-state index contributed by atoms with van der Waals surface area (Å²) in [5.41, 5.74) is -0.547. The van der Waals surface area contributed by atoms with Crippen LogP contribution in [-0.2, 0) is 10.0 Å². The van der Waals surface area contributed by atoms with E-state index in [1.807, 2.05) is 4.72 Å². The lowest BCUT2D eigenvalue weighted by molar-refractivity contribution is -0.386. The molecule has 11 heteroatoms. The Morgan fingerprint density at radius 1 is 1.24 bits per heavy atom. The minimum absolute atomic E-state index is 0.103. The molecule has 0 aliphatic heterocycles. The molecule has 7 nitrogen and oxygen atoms in total. The first-order valence-corrected chi connectivity index (χ1v) is 8.98. The van der Waals surface area contributed by atoms with E-state index in [0.29, 0.717) is 0 Å². The number of benzene rings is 1. The molecule has 25 heavy (non-hydrogen) atoms. The molecular formula is C14H17F3N2O5S. The van der Waals surface area contributed by atoms with Gasteiger partial charge in [0.15, 0.2) is 5.75 Å². The highest BCUT2D eigenvalue weighted by atomic mass is 32.2. The maximum Gasteiger partial charge on any atom is 0.391 e. The van der Waals surface area contributed by atoms with Crippen LogP contribution < -0.4 is 9.46 Å². The predicted octanol–water partition coefficient (Wildman–Crippen LogP) is 3.00. The maximum absolute atomic E-state index is 12.7. The monoisotopic (exact) mass is 382 g/mol. The quantitative estimate of drug-likeness (QED) is 0.623. The average Bonchev–Trinajstić information content (AvgIpc) is 2.54. The molecule has 1 aromatic carbocycles. The molecule has 1 aliphatic rings. The van der Waals surface area contributed by atoms with Crippen molar-refractivity contribution < 1.29 is 31.2 Å². The molecule has 0 aromatic heterocycles. The number of halogens is 3. The summed E-state index contributed by atoms with van der Waals surface area (Å²) in [5, 5.41) is 11.2. The van der Waals surface area contributed by atoms with Crippen molar-refractivity contribution >= 4 is 15.7 Å². The molecule has 0 bridgehead atoms. The number of hydrogen-bond acceptors (Lipinski definition) is 5. The molecule has 0 radical (unpaired) electrons. The lowest BCUT2D eigenvalue weighted by Crippen LogP contribution is -2.32. The van der Waals surface area contributed by atoms with Crippen molar-refractivity contribution in [3.63, 3.8) is 0 Å². The molecule has 0 heterocycles. The highest BCUT2D eigenvalue weighted by Gasteiger charge is 2.42. The van der Waals surface area contributed by atoms with Crippen LogP contribution in [0.5, 0.6) is 5.75 Å². The summed E-state index contributed by atoms with van der Waals surface area (Å²) in [7, 11) is -2.69. The normalized spacial score (nSPS) is 21.8. The second-order valence-electron chi connectivity index (χ2n) is 5.73. The van der Waals surface area contributed by atoms with Gasteiger partial charge in [0.05, 0.1) is 21.8 Å². The minimum atomic E-state index is -4.25. The summed E-state index contributed by atoms with van der Waals surface area (Å²) in [6.07, 6.45) is -4.79. The largest absolute Gasteiger partial charge is 0.484 e. The number of ether oxygens (including phenoxy) is 1. The van der Waals surface area contributed by atoms with Gasteiger partial charge in [-0.2, -0.15) is 13.2 Å². The van der Waals surface area contributed by atoms with E-state index in [0.717, 1.165) is 18.2 Å². The molecule has 1 N–H and O–H groups in total. The number of nitro benzene ring substituents is 1. The molecule has 1 aromatic rings. The second-order valence-corrected chi connectivity index (χ2v) is 7.61. The Kier molecular flexibility index (Phi) is 5.57. The highest BCUT2D eigenvalue weighted by molar-refractivity contribution is 7.89. The first-order chi connectivity index (χ1) is 11.5. The predicted molar refractivity (Wildman–Crippen MR) is 81.8 cm³/mol. The van der Waals surface area contributed by atoms with Crippen LogP contribution in [0.4, 0.5) is 18.9 Å². The Balaban J connectivity index is 2.17. The van der Waals surface area contributed by atoms with Crippen molar-refractivity contribution in [1.29, 1.82) is 0 Å². The summed E-state index contributed by atoms with van der Waals surface area (Å²) < 4.78 is 69.0. The summed E-state index contributed by atoms with van der Waals surface area (Å²) in [6, 6.07) is 3.16. The van der Waals surface area contributed by atoms with Crippen molar-refractivity contribution in [2.45, 2.75) is 42.9 Å². The van der Waals surface area contributed by atoms with Crippen LogP contribution in [0, 0.1) is 16.0 Å². The zero-order chi connectivity index (χ0) is 18.8. The first-order valence-electron chi connectivity index (χ1n) is 7.50. The Morgan fingerprint density at radius 3 is 2.32 bits per heavy atom. The summed E-state index contributed by atoms with van der Waals surface area (Å²) in [6.45, 7) is 0. The molecule has 1 fully saturated rings. The van der Waals surface area contributed by atoms with E-state index >= 15 is 0 Å². The third-order valence-corrected chi connectivity index (χ3v) is 5.55. The van der Waals surface area contributed by atoms with E-state index in [-0.39, 0.29) is 36.3 Å². The van der Waals surface area contributed by atoms with Crippen LogP contribution in [0.25, 0.3) is 0 Å². The Hall–Kier alpha value is -1.88. The molecule has 1 aliphatic carbocycles. The van der Waals surface area contributed by atoms with Crippen molar-refractivity contribution in [3.05, 3.63) is 28.3 Å². The van der Waals surface area contributed by atoms with Gasteiger partial charge in [0.25, 0.3) is 0 Å². The van der Waals surface area contributed by atoms with Gasteiger partial charge < -0.3 is 4.74 Å². The number of nitrogens with zero attached hydrogens (tertiary/aromatic N) is 1. The number of alkyl halides is 3. The Morgan fingerprint density at radius 2 is 1.84 bits per heavy atom. The van der Waals surface area contributed by atoms with Crippen LogP contribution in [-0.4, -0.2) is 32.7 Å². The van der Waals surface area contributed by atoms with Crippen molar-refractivity contribution in [1.82, 2.24) is 4.72 Å². The van der Waals surface area contributed by atoms with E-state index in [9.17, 15) is 31.7 Å². The molecule has 0 amide bonds. The van der Waals surface area contributed by atoms with Crippen molar-refractivity contribution in [3.8, 4) is 5.75 Å². The van der Waals surface area contributed by atoms with Crippen LogP contribution in [0.2, 0.25) is 0 Å². The molecule has 2 rings (SSSR count). The topological polar surface area (TPSA) is 98.5 Å². The average molecular weight is 382 g/mol. The molecule has 0 unspecified atom stereocenters. The minimum Gasteiger partial charge on any atom is -0.484 e. The fourth-order valence-corrected chi connectivity index (χ4v) is 3.46. The zero-order valence-corrected chi connectivity index (χ0v) is 14.1. The van der Waals surface area contributed by atoms with E-state index in [1.54, 1.807) is 0 Å². The molecule has 0 saturated heterocycles. The maximum atomic E-state index is 12.7. The zero-order valence-electron chi connectivity index (χ0n) is 13.2. The van der Waals surface area contributed by atoms with Crippen molar-refractivity contribution in [2.75, 3.05) is 7.05 Å². The smallest absolute Gasteiger partial charge is 0.391 e. The van der Waals surface area contributed by atoms with Gasteiger partial charge in [-0.05, 0) is 44.9 Å². The van der Waals surface area contributed by atoms with Gasteiger partial charge in [-0.25, -0.2) is 13.1 Å². The fourth-order valence-electron chi connectivity index (χ4n) is 2.71. The van der Waals surface area contributed by atoms with E-state index in [1.165, 1.54) is 7.05 Å². The number of hydrogen-bond donors (Lipinski definition) is 1. The van der Waals surface area contributed by atoms with Gasteiger partial charge in [-0.15, -0.1) is 0 Å². The van der Waals surface area contributed by atoms with Crippen LogP contribution in [0.3, 0.4) is 0 Å². The fraction of sp³-hybridized carbons (Fsp3) is 0.571. The van der Waals surface area contributed by atoms with E-state index in [4.69, 9.17) is 4.74 Å². The first kappa shape index (κ1) is 19.4. The Labute approximate surface area is 142 Å². The summed E-state index contributed by atoms with van der Waals surface area (Å²) in [4.78, 5) is 10.1. The van der Waals surface area contributed by atoms with Gasteiger partial charge in [0.1, 0.15) is 0 Å². The molecule has 140 valence electrons. The number of nitrogens with one attached hydrogen (secondary N) is 1. The van der Waals surface area contributed by atoms with Gasteiger partial charge in [0.2, 0.25) is 10.0 Å². The molecule has 0 atom stereocenters. The van der Waals surface area contributed by atoms with Gasteiger partial charge in [-0.1, -0.05) is 0 Å². The highest BCUT2D eigenvalue weighted by Crippen LogP contribution is 2.39. The third-order valence-electron chi connectivity index (χ3n) is 4.14. The number of nitro groups is 1. The second kappa shape index (κ2) is 7.16. The van der Waals surface area contributed by atoms with E-state index < -0.39 is 38.8 Å². The van der Waals surface area contributed by atoms with Crippen LogP contribution in [0.1, 0.15) is 25.7 Å². The van der Waals surface area contributed by atoms with Gasteiger partial charge >= 0.3 is 11.9 Å². The van der Waals surface area contributed by atoms with Gasteiger partial charge in [0, 0.05) is 6.07 Å². The molecular weight excluding hydrogens is 365 g/mol. The lowest BCUT2D eigenvalue weighted by atomic mass is 9.87. The lowest BCUT2D eigenvalue weighted by Gasteiger charge is -2.30. The number of rotatable bonds is 5. The van der Waals surface area contributed by atoms with Crippen molar-refractivity contribution in [2.24, 2.45) is 5.92 Å². The van der Waals surface area contributed by atoms with E-state index in [2.05, 4.69) is 0 Å². The van der Waals surface area contributed by atoms with Crippen LogP contribution >= 0.6 is 0 Å². The standard InChI is InChI=1S/C14H17F3N2O5S/c1-18-25(22,23)11-6-7-13(12(8-11)19(20)21)24-10-4-2-9(3-5-10)14(15,16)17/h6-10,18H,2-5H2,1H3. The summed E-state index contributed by atoms with van der Waals surface area (Å²) in [5.74, 6) is -1.54. The number of sulfonamides is 1. The SMILES string of the molecule is CNS(=O)(=O)c1ccc(OC2CCC(C(F)(F)F)CC2)c([N+](=O)[O-])c1. The third kappa shape index (κ3) is 4.60. The summed E-state index contributed by atoms with van der Waals surface area (Å²) >= 11 is 0. The van der Waals surface area contributed by atoms with Crippen LogP contribution in [0.15, 0.2) is 23.1 Å².